The van der Waals surface area contributed by atoms with Gasteiger partial charge in [0.2, 0.25) is 0 Å². The van der Waals surface area contributed by atoms with E-state index in [4.69, 9.17) is 10.5 Å². The zero-order valence-electron chi connectivity index (χ0n) is 16.4. The Morgan fingerprint density at radius 2 is 2.03 bits per heavy atom. The number of rotatable bonds is 7. The highest BCUT2D eigenvalue weighted by molar-refractivity contribution is 7.99. The van der Waals surface area contributed by atoms with Crippen LogP contribution < -0.4 is 5.73 Å². The first-order valence-electron chi connectivity index (χ1n) is 10.0. The molecule has 5 nitrogen and oxygen atoms in total. The fourth-order valence-corrected chi connectivity index (χ4v) is 6.08. The summed E-state index contributed by atoms with van der Waals surface area (Å²) in [6, 6.07) is 11.6. The zero-order valence-corrected chi connectivity index (χ0v) is 18.0. The molecule has 0 bridgehead atoms. The molecule has 2 aliphatic heterocycles. The number of hydrogen-bond acceptors (Lipinski definition) is 7. The molecule has 2 fully saturated rings. The van der Waals surface area contributed by atoms with E-state index in [2.05, 4.69) is 19.7 Å². The number of nitrogens with zero attached hydrogens (tertiary/aromatic N) is 3. The molecule has 2 aromatic rings. The molecule has 29 heavy (non-hydrogen) atoms. The fraction of sp³-hybridized carbons (Fsp3) is 0.476. The molecule has 2 N–H and O–H groups in total. The Morgan fingerprint density at radius 3 is 2.83 bits per heavy atom. The van der Waals surface area contributed by atoms with Gasteiger partial charge in [-0.2, -0.15) is 0 Å². The predicted octanol–water partition coefficient (Wildman–Crippen LogP) is 3.53. The average Bonchev–Trinajstić information content (AvgIpc) is 3.16. The van der Waals surface area contributed by atoms with Crippen molar-refractivity contribution in [1.29, 1.82) is 0 Å². The van der Waals surface area contributed by atoms with Gasteiger partial charge in [-0.1, -0.05) is 18.2 Å². The van der Waals surface area contributed by atoms with Crippen LogP contribution in [0.1, 0.15) is 23.5 Å². The van der Waals surface area contributed by atoms with Gasteiger partial charge in [0.05, 0.1) is 18.2 Å². The van der Waals surface area contributed by atoms with Crippen LogP contribution >= 0.6 is 23.9 Å². The molecular weight excluding hydrogens is 407 g/mol. The predicted molar refractivity (Wildman–Crippen MR) is 117 cm³/mol. The first kappa shape index (κ1) is 21.1. The molecule has 0 saturated carbocycles. The van der Waals surface area contributed by atoms with Crippen molar-refractivity contribution in [2.45, 2.75) is 30.0 Å². The Balaban J connectivity index is 1.45. The second kappa shape index (κ2) is 10.2. The lowest BCUT2D eigenvalue weighted by Gasteiger charge is -2.31. The molecule has 1 aromatic heterocycles. The van der Waals surface area contributed by atoms with E-state index in [0.29, 0.717) is 12.6 Å². The third-order valence-electron chi connectivity index (χ3n) is 5.36. The van der Waals surface area contributed by atoms with E-state index < -0.39 is 0 Å². The van der Waals surface area contributed by atoms with Crippen molar-refractivity contribution < 1.29 is 9.13 Å². The summed E-state index contributed by atoms with van der Waals surface area (Å²) in [6.45, 7) is 4.76. The topological polar surface area (TPSA) is 54.6 Å². The van der Waals surface area contributed by atoms with Crippen molar-refractivity contribution >= 4 is 23.9 Å². The number of halogens is 1. The Labute approximate surface area is 180 Å². The van der Waals surface area contributed by atoms with Crippen LogP contribution in [0.3, 0.4) is 0 Å². The summed E-state index contributed by atoms with van der Waals surface area (Å²) >= 11 is 3.55. The second-order valence-electron chi connectivity index (χ2n) is 7.35. The van der Waals surface area contributed by atoms with Crippen LogP contribution in [0.25, 0.3) is 0 Å². The van der Waals surface area contributed by atoms with Crippen molar-refractivity contribution in [3.63, 3.8) is 0 Å². The molecule has 1 aromatic carbocycles. The quantitative estimate of drug-likeness (QED) is 0.528. The molecule has 2 unspecified atom stereocenters. The van der Waals surface area contributed by atoms with Gasteiger partial charge in [0.25, 0.3) is 0 Å². The Morgan fingerprint density at radius 1 is 1.21 bits per heavy atom. The van der Waals surface area contributed by atoms with Crippen LogP contribution in [0.5, 0.6) is 0 Å². The van der Waals surface area contributed by atoms with Gasteiger partial charge in [0.15, 0.2) is 0 Å². The normalized spacial score (nSPS) is 23.5. The van der Waals surface area contributed by atoms with E-state index in [0.717, 1.165) is 61.2 Å². The first-order valence-corrected chi connectivity index (χ1v) is 11.7. The Kier molecular flexibility index (Phi) is 7.44. The second-order valence-corrected chi connectivity index (χ2v) is 9.54. The molecule has 0 radical (unpaired) electrons. The molecule has 156 valence electrons. The number of morpholine rings is 1. The third-order valence-corrected chi connectivity index (χ3v) is 7.68. The lowest BCUT2D eigenvalue weighted by molar-refractivity contribution is 0.0757. The summed E-state index contributed by atoms with van der Waals surface area (Å²) in [7, 11) is 0. The fourth-order valence-electron chi connectivity index (χ4n) is 3.78. The minimum atomic E-state index is -0.0977. The van der Waals surface area contributed by atoms with Gasteiger partial charge in [-0.15, -0.1) is 11.8 Å². The summed E-state index contributed by atoms with van der Waals surface area (Å²) in [5, 5.41) is 0.999. The van der Waals surface area contributed by atoms with Crippen LogP contribution in [0.4, 0.5) is 4.39 Å². The van der Waals surface area contributed by atoms with E-state index in [9.17, 15) is 4.39 Å². The SMILES string of the molecule is NCc1ccnc(SCC2CC(c3ccccc3F)CN2SN2CCOCC2)c1. The van der Waals surface area contributed by atoms with E-state index >= 15 is 0 Å². The van der Waals surface area contributed by atoms with Gasteiger partial charge < -0.3 is 10.5 Å². The maximum Gasteiger partial charge on any atom is 0.126 e. The number of nitrogens with two attached hydrogens (primary N) is 1. The minimum absolute atomic E-state index is 0.0977. The summed E-state index contributed by atoms with van der Waals surface area (Å²) in [4.78, 5) is 4.48. The molecular formula is C21H27FN4OS2. The van der Waals surface area contributed by atoms with Gasteiger partial charge >= 0.3 is 0 Å². The molecule has 0 aliphatic carbocycles. The number of pyridine rings is 1. The van der Waals surface area contributed by atoms with Crippen LogP contribution in [-0.4, -0.2) is 58.2 Å². The van der Waals surface area contributed by atoms with Crippen molar-refractivity contribution in [3.05, 3.63) is 59.5 Å². The van der Waals surface area contributed by atoms with Crippen molar-refractivity contribution in [1.82, 2.24) is 13.6 Å². The molecule has 2 atom stereocenters. The average molecular weight is 435 g/mol. The van der Waals surface area contributed by atoms with E-state index in [1.54, 1.807) is 36.0 Å². The Bertz CT molecular complexity index is 806. The lowest BCUT2D eigenvalue weighted by Crippen LogP contribution is -2.37. The van der Waals surface area contributed by atoms with Crippen LogP contribution in [0.2, 0.25) is 0 Å². The summed E-state index contributed by atoms with van der Waals surface area (Å²) < 4.78 is 24.7. The number of thioether (sulfide) groups is 1. The van der Waals surface area contributed by atoms with Gasteiger partial charge in [-0.05, 0) is 35.7 Å². The van der Waals surface area contributed by atoms with Gasteiger partial charge in [-0.3, -0.25) is 0 Å². The highest BCUT2D eigenvalue weighted by atomic mass is 32.2. The largest absolute Gasteiger partial charge is 0.379 e. The summed E-state index contributed by atoms with van der Waals surface area (Å²) in [5.74, 6) is 1.03. The number of hydrogen-bond donors (Lipinski definition) is 1. The first-order chi connectivity index (χ1) is 14.2. The summed E-state index contributed by atoms with van der Waals surface area (Å²) in [6.07, 6.45) is 2.77. The van der Waals surface area contributed by atoms with Crippen molar-refractivity contribution in [3.8, 4) is 0 Å². The minimum Gasteiger partial charge on any atom is -0.379 e. The number of benzene rings is 1. The van der Waals surface area contributed by atoms with E-state index in [1.807, 2.05) is 24.4 Å². The molecule has 0 spiro atoms. The van der Waals surface area contributed by atoms with Crippen LogP contribution in [0.15, 0.2) is 47.6 Å². The maximum atomic E-state index is 14.4. The standard InChI is InChI=1S/C21H27FN4OS2/c22-20-4-2-1-3-19(20)17-12-18(15-28-21-11-16(13-23)5-6-24-21)26(14-17)29-25-7-9-27-10-8-25/h1-6,11,17-18H,7-10,12-15,23H2. The molecule has 2 aliphatic rings. The molecule has 2 saturated heterocycles. The van der Waals surface area contributed by atoms with E-state index in [-0.39, 0.29) is 11.7 Å². The molecule has 4 rings (SSSR count). The molecule has 3 heterocycles. The lowest BCUT2D eigenvalue weighted by atomic mass is 9.96. The molecule has 8 heteroatoms. The highest BCUT2D eigenvalue weighted by Crippen LogP contribution is 2.39. The van der Waals surface area contributed by atoms with Gasteiger partial charge in [0.1, 0.15) is 5.82 Å². The monoisotopic (exact) mass is 434 g/mol. The van der Waals surface area contributed by atoms with E-state index in [1.165, 1.54) is 0 Å². The zero-order chi connectivity index (χ0) is 20.1. The summed E-state index contributed by atoms with van der Waals surface area (Å²) in [5.41, 5.74) is 7.68. The van der Waals surface area contributed by atoms with Crippen molar-refractivity contribution in [2.75, 3.05) is 38.6 Å². The Hall–Kier alpha value is -1.16. The number of aromatic nitrogens is 1. The van der Waals surface area contributed by atoms with Crippen molar-refractivity contribution in [2.24, 2.45) is 5.73 Å². The van der Waals surface area contributed by atoms with Crippen LogP contribution in [0, 0.1) is 5.82 Å². The van der Waals surface area contributed by atoms with Gasteiger partial charge in [0, 0.05) is 62.2 Å². The number of ether oxygens (including phenoxy) is 1. The molecule has 0 amide bonds. The third kappa shape index (κ3) is 5.51. The highest BCUT2D eigenvalue weighted by Gasteiger charge is 2.36. The van der Waals surface area contributed by atoms with Gasteiger partial charge in [-0.25, -0.2) is 18.0 Å². The smallest absolute Gasteiger partial charge is 0.126 e. The van der Waals surface area contributed by atoms with Crippen LogP contribution in [-0.2, 0) is 11.3 Å². The maximum absolute atomic E-state index is 14.4.